The van der Waals surface area contributed by atoms with E-state index in [1.165, 1.54) is 0 Å². The van der Waals surface area contributed by atoms with Gasteiger partial charge in [0.1, 0.15) is 6.04 Å². The highest BCUT2D eigenvalue weighted by Gasteiger charge is 2.22. The molecule has 1 amide bonds. The SMILES string of the molecule is CCOc1ccc(N[C@H](C)C(=O)N(CC)c2cccc3ccccc23)cc1OC. The van der Waals surface area contributed by atoms with Gasteiger partial charge >= 0.3 is 0 Å². The highest BCUT2D eigenvalue weighted by molar-refractivity contribution is 6.06. The predicted molar refractivity (Wildman–Crippen MR) is 119 cm³/mol. The molecule has 0 aromatic heterocycles. The zero-order chi connectivity index (χ0) is 20.8. The molecule has 1 N–H and O–H groups in total. The summed E-state index contributed by atoms with van der Waals surface area (Å²) in [6.07, 6.45) is 0. The van der Waals surface area contributed by atoms with Crippen LogP contribution in [0.5, 0.6) is 11.5 Å². The van der Waals surface area contributed by atoms with Gasteiger partial charge in [-0.3, -0.25) is 4.79 Å². The lowest BCUT2D eigenvalue weighted by molar-refractivity contribution is -0.118. The number of nitrogens with zero attached hydrogens (tertiary/aromatic N) is 1. The van der Waals surface area contributed by atoms with Crippen molar-refractivity contribution < 1.29 is 14.3 Å². The van der Waals surface area contributed by atoms with E-state index in [9.17, 15) is 4.79 Å². The number of anilines is 2. The standard InChI is InChI=1S/C24H28N2O3/c1-5-26(21-13-9-11-18-10-7-8-12-20(18)21)24(27)17(3)25-19-14-15-22(29-6-2)23(16-19)28-4/h7-17,25H,5-6H2,1-4H3/t17-/m1/s1. The number of hydrogen-bond acceptors (Lipinski definition) is 4. The van der Waals surface area contributed by atoms with Crippen molar-refractivity contribution in [3.8, 4) is 11.5 Å². The Kier molecular flexibility index (Phi) is 6.60. The van der Waals surface area contributed by atoms with E-state index in [-0.39, 0.29) is 5.91 Å². The normalized spacial score (nSPS) is 11.7. The van der Waals surface area contributed by atoms with Crippen molar-refractivity contribution in [3.05, 3.63) is 60.7 Å². The van der Waals surface area contributed by atoms with Crippen molar-refractivity contribution >= 4 is 28.1 Å². The molecule has 0 fully saturated rings. The van der Waals surface area contributed by atoms with Crippen molar-refractivity contribution in [2.45, 2.75) is 26.8 Å². The minimum absolute atomic E-state index is 0.0108. The quantitative estimate of drug-likeness (QED) is 0.579. The summed E-state index contributed by atoms with van der Waals surface area (Å²) in [6, 6.07) is 19.4. The van der Waals surface area contributed by atoms with Crippen LogP contribution in [0.2, 0.25) is 0 Å². The zero-order valence-corrected chi connectivity index (χ0v) is 17.4. The molecule has 152 valence electrons. The van der Waals surface area contributed by atoms with Crippen LogP contribution in [0.15, 0.2) is 60.7 Å². The summed E-state index contributed by atoms with van der Waals surface area (Å²) in [5.41, 5.74) is 1.73. The molecule has 0 aliphatic heterocycles. The molecule has 5 heteroatoms. The summed E-state index contributed by atoms with van der Waals surface area (Å²) in [6.45, 7) is 6.95. The third kappa shape index (κ3) is 4.45. The van der Waals surface area contributed by atoms with Gasteiger partial charge in [-0.25, -0.2) is 0 Å². The Morgan fingerprint density at radius 2 is 1.79 bits per heavy atom. The predicted octanol–water partition coefficient (Wildman–Crippen LogP) is 5.10. The van der Waals surface area contributed by atoms with E-state index in [1.807, 2.05) is 68.1 Å². The van der Waals surface area contributed by atoms with E-state index in [4.69, 9.17) is 9.47 Å². The fourth-order valence-electron chi connectivity index (χ4n) is 3.47. The van der Waals surface area contributed by atoms with Gasteiger partial charge in [-0.15, -0.1) is 0 Å². The van der Waals surface area contributed by atoms with E-state index >= 15 is 0 Å². The molecule has 0 radical (unpaired) electrons. The molecule has 0 saturated heterocycles. The minimum atomic E-state index is -0.406. The Bertz CT molecular complexity index is 982. The summed E-state index contributed by atoms with van der Waals surface area (Å²) in [4.78, 5) is 15.1. The fraction of sp³-hybridized carbons (Fsp3) is 0.292. The van der Waals surface area contributed by atoms with Crippen molar-refractivity contribution in [1.82, 2.24) is 0 Å². The molecule has 0 bridgehead atoms. The zero-order valence-electron chi connectivity index (χ0n) is 17.4. The molecule has 5 nitrogen and oxygen atoms in total. The topological polar surface area (TPSA) is 50.8 Å². The van der Waals surface area contributed by atoms with Crippen LogP contribution in [0.25, 0.3) is 10.8 Å². The number of likely N-dealkylation sites (N-methyl/N-ethyl adjacent to an activating group) is 1. The van der Waals surface area contributed by atoms with E-state index in [2.05, 4.69) is 23.5 Å². The summed E-state index contributed by atoms with van der Waals surface area (Å²) in [7, 11) is 1.61. The highest BCUT2D eigenvalue weighted by atomic mass is 16.5. The molecule has 3 rings (SSSR count). The van der Waals surface area contributed by atoms with Crippen LogP contribution in [0, 0.1) is 0 Å². The van der Waals surface area contributed by atoms with Crippen molar-refractivity contribution in [2.24, 2.45) is 0 Å². The van der Waals surface area contributed by atoms with Crippen LogP contribution in [0.4, 0.5) is 11.4 Å². The summed E-state index contributed by atoms with van der Waals surface area (Å²) >= 11 is 0. The van der Waals surface area contributed by atoms with Crippen LogP contribution in [-0.2, 0) is 4.79 Å². The fourth-order valence-corrected chi connectivity index (χ4v) is 3.47. The third-order valence-electron chi connectivity index (χ3n) is 4.86. The number of nitrogens with one attached hydrogen (secondary N) is 1. The average molecular weight is 392 g/mol. The second-order valence-corrected chi connectivity index (χ2v) is 6.75. The van der Waals surface area contributed by atoms with Gasteiger partial charge in [0.2, 0.25) is 5.91 Å². The monoisotopic (exact) mass is 392 g/mol. The first-order valence-corrected chi connectivity index (χ1v) is 9.95. The Labute approximate surface area is 172 Å². The molecule has 1 atom stereocenters. The van der Waals surface area contributed by atoms with Crippen molar-refractivity contribution in [2.75, 3.05) is 30.5 Å². The lowest BCUT2D eigenvalue weighted by Gasteiger charge is -2.27. The van der Waals surface area contributed by atoms with Crippen molar-refractivity contribution in [1.29, 1.82) is 0 Å². The molecule has 29 heavy (non-hydrogen) atoms. The lowest BCUT2D eigenvalue weighted by atomic mass is 10.1. The molecule has 0 saturated carbocycles. The van der Waals surface area contributed by atoms with E-state index in [0.717, 1.165) is 22.1 Å². The molecule has 3 aromatic rings. The van der Waals surface area contributed by atoms with Crippen LogP contribution >= 0.6 is 0 Å². The molecule has 0 heterocycles. The highest BCUT2D eigenvalue weighted by Crippen LogP contribution is 2.31. The van der Waals surface area contributed by atoms with E-state index in [1.54, 1.807) is 7.11 Å². The van der Waals surface area contributed by atoms with Crippen molar-refractivity contribution in [3.63, 3.8) is 0 Å². The maximum atomic E-state index is 13.3. The lowest BCUT2D eigenvalue weighted by Crippen LogP contribution is -2.41. The second-order valence-electron chi connectivity index (χ2n) is 6.75. The Balaban J connectivity index is 1.83. The van der Waals surface area contributed by atoms with Crippen LogP contribution in [0.3, 0.4) is 0 Å². The molecule has 0 aliphatic rings. The smallest absolute Gasteiger partial charge is 0.249 e. The summed E-state index contributed by atoms with van der Waals surface area (Å²) in [5.74, 6) is 1.33. The maximum Gasteiger partial charge on any atom is 0.249 e. The van der Waals surface area contributed by atoms with Gasteiger partial charge in [0.05, 0.1) is 19.4 Å². The van der Waals surface area contributed by atoms with Gasteiger partial charge in [-0.1, -0.05) is 36.4 Å². The second kappa shape index (κ2) is 9.32. The Morgan fingerprint density at radius 3 is 2.52 bits per heavy atom. The van der Waals surface area contributed by atoms with E-state index < -0.39 is 6.04 Å². The summed E-state index contributed by atoms with van der Waals surface area (Å²) in [5, 5.41) is 5.48. The summed E-state index contributed by atoms with van der Waals surface area (Å²) < 4.78 is 11.0. The van der Waals surface area contributed by atoms with Gasteiger partial charge in [0, 0.05) is 23.7 Å². The average Bonchev–Trinajstić information content (AvgIpc) is 2.75. The maximum absolute atomic E-state index is 13.3. The number of methoxy groups -OCH3 is 1. The van der Waals surface area contributed by atoms with E-state index in [0.29, 0.717) is 24.7 Å². The number of hydrogen-bond donors (Lipinski definition) is 1. The number of carbonyl (C=O) groups excluding carboxylic acids is 1. The third-order valence-corrected chi connectivity index (χ3v) is 4.86. The number of carbonyl (C=O) groups is 1. The van der Waals surface area contributed by atoms with Gasteiger partial charge < -0.3 is 19.7 Å². The number of ether oxygens (including phenoxy) is 2. The first-order valence-electron chi connectivity index (χ1n) is 9.95. The first-order chi connectivity index (χ1) is 14.1. The molecular weight excluding hydrogens is 364 g/mol. The number of rotatable bonds is 8. The van der Waals surface area contributed by atoms with Crippen LogP contribution < -0.4 is 19.7 Å². The first kappa shape index (κ1) is 20.5. The molecule has 0 unspecified atom stereocenters. The molecule has 3 aromatic carbocycles. The largest absolute Gasteiger partial charge is 0.493 e. The van der Waals surface area contributed by atoms with Crippen LogP contribution in [-0.4, -0.2) is 32.2 Å². The Hall–Kier alpha value is -3.21. The number of amides is 1. The van der Waals surface area contributed by atoms with Gasteiger partial charge in [0.15, 0.2) is 11.5 Å². The van der Waals surface area contributed by atoms with Gasteiger partial charge in [-0.05, 0) is 44.4 Å². The molecular formula is C24H28N2O3. The minimum Gasteiger partial charge on any atom is -0.493 e. The van der Waals surface area contributed by atoms with Gasteiger partial charge in [-0.2, -0.15) is 0 Å². The van der Waals surface area contributed by atoms with Crippen LogP contribution in [0.1, 0.15) is 20.8 Å². The molecule has 0 aliphatic carbocycles. The Morgan fingerprint density at radius 1 is 1.03 bits per heavy atom. The van der Waals surface area contributed by atoms with Gasteiger partial charge in [0.25, 0.3) is 0 Å². The number of benzene rings is 3. The molecule has 0 spiro atoms. The number of fused-ring (bicyclic) bond motifs is 1.